The van der Waals surface area contributed by atoms with Gasteiger partial charge < -0.3 is 9.64 Å². The predicted octanol–water partition coefficient (Wildman–Crippen LogP) is 2.78. The molecule has 0 saturated carbocycles. The Morgan fingerprint density at radius 1 is 1.07 bits per heavy atom. The highest BCUT2D eigenvalue weighted by atomic mass is 16.5. The summed E-state index contributed by atoms with van der Waals surface area (Å²) in [4.78, 5) is 31.1. The van der Waals surface area contributed by atoms with Crippen LogP contribution in [0, 0.1) is 0 Å². The van der Waals surface area contributed by atoms with Gasteiger partial charge in [-0.15, -0.1) is 0 Å². The lowest BCUT2D eigenvalue weighted by Crippen LogP contribution is -2.33. The van der Waals surface area contributed by atoms with E-state index in [1.807, 2.05) is 18.2 Å². The summed E-state index contributed by atoms with van der Waals surface area (Å²) in [7, 11) is 0. The number of ether oxygens (including phenoxy) is 1. The molecule has 0 atom stereocenters. The SMILES string of the molecule is O=C(CCn1cnc2ccccc2c1=O)OCCN1CCCc2ccccc21. The van der Waals surface area contributed by atoms with E-state index in [-0.39, 0.29) is 24.5 Å². The average Bonchev–Trinajstić information content (AvgIpc) is 2.74. The van der Waals surface area contributed by atoms with Crippen LogP contribution in [0.1, 0.15) is 18.4 Å². The molecule has 2 heterocycles. The van der Waals surface area contributed by atoms with E-state index in [0.717, 1.165) is 19.4 Å². The molecule has 1 aliphatic rings. The molecule has 0 unspecified atom stereocenters. The van der Waals surface area contributed by atoms with Crippen LogP contribution >= 0.6 is 0 Å². The third kappa shape index (κ3) is 3.91. The lowest BCUT2D eigenvalue weighted by Gasteiger charge is -2.31. The Kier molecular flexibility index (Phi) is 5.37. The molecule has 0 aliphatic carbocycles. The zero-order valence-electron chi connectivity index (χ0n) is 15.7. The molecule has 6 heteroatoms. The number of aryl methyl sites for hydroxylation is 2. The van der Waals surface area contributed by atoms with Gasteiger partial charge in [0.1, 0.15) is 6.61 Å². The van der Waals surface area contributed by atoms with E-state index >= 15 is 0 Å². The van der Waals surface area contributed by atoms with E-state index in [1.165, 1.54) is 22.1 Å². The van der Waals surface area contributed by atoms with Crippen molar-refractivity contribution in [3.63, 3.8) is 0 Å². The molecule has 0 N–H and O–H groups in total. The summed E-state index contributed by atoms with van der Waals surface area (Å²) in [5, 5.41) is 0.558. The smallest absolute Gasteiger partial charge is 0.307 e. The molecule has 6 nitrogen and oxygen atoms in total. The molecule has 0 amide bonds. The molecule has 0 spiro atoms. The molecule has 0 radical (unpaired) electrons. The van der Waals surface area contributed by atoms with Gasteiger partial charge in [0.2, 0.25) is 0 Å². The van der Waals surface area contributed by atoms with Gasteiger partial charge in [-0.3, -0.25) is 14.2 Å². The minimum absolute atomic E-state index is 0.136. The normalized spacial score (nSPS) is 13.4. The maximum absolute atomic E-state index is 12.4. The molecule has 1 aromatic heterocycles. The standard InChI is InChI=1S/C22H23N3O3/c26-21(11-13-25-16-23-19-9-3-2-8-18(19)22(25)27)28-15-14-24-12-5-7-17-6-1-4-10-20(17)24/h1-4,6,8-10,16H,5,7,11-15H2. The summed E-state index contributed by atoms with van der Waals surface area (Å²) in [6, 6.07) is 15.6. The Morgan fingerprint density at radius 2 is 1.89 bits per heavy atom. The highest BCUT2D eigenvalue weighted by molar-refractivity contribution is 5.77. The molecule has 0 bridgehead atoms. The number of anilines is 1. The third-order valence-corrected chi connectivity index (χ3v) is 5.12. The number of carbonyl (C=O) groups is 1. The fourth-order valence-electron chi connectivity index (χ4n) is 3.66. The number of hydrogen-bond acceptors (Lipinski definition) is 5. The quantitative estimate of drug-likeness (QED) is 0.618. The summed E-state index contributed by atoms with van der Waals surface area (Å²) in [5.74, 6) is -0.301. The van der Waals surface area contributed by atoms with E-state index in [1.54, 1.807) is 12.1 Å². The Morgan fingerprint density at radius 3 is 2.82 bits per heavy atom. The van der Waals surface area contributed by atoms with Gasteiger partial charge in [0, 0.05) is 18.8 Å². The molecule has 1 aliphatic heterocycles. The van der Waals surface area contributed by atoms with E-state index in [2.05, 4.69) is 28.1 Å². The second-order valence-electron chi connectivity index (χ2n) is 6.95. The Bertz CT molecular complexity index is 1040. The van der Waals surface area contributed by atoms with Crippen molar-refractivity contribution < 1.29 is 9.53 Å². The Labute approximate surface area is 163 Å². The number of aromatic nitrogens is 2. The van der Waals surface area contributed by atoms with Gasteiger partial charge in [0.15, 0.2) is 0 Å². The first kappa shape index (κ1) is 18.2. The van der Waals surface area contributed by atoms with Crippen molar-refractivity contribution in [1.29, 1.82) is 0 Å². The van der Waals surface area contributed by atoms with Crippen molar-refractivity contribution in [3.8, 4) is 0 Å². The molecule has 3 aromatic rings. The number of para-hydroxylation sites is 2. The molecule has 28 heavy (non-hydrogen) atoms. The van der Waals surface area contributed by atoms with E-state index in [9.17, 15) is 9.59 Å². The maximum atomic E-state index is 12.4. The fraction of sp³-hybridized carbons (Fsp3) is 0.318. The van der Waals surface area contributed by atoms with Gasteiger partial charge in [0.25, 0.3) is 5.56 Å². The number of fused-ring (bicyclic) bond motifs is 2. The first-order valence-corrected chi connectivity index (χ1v) is 9.65. The maximum Gasteiger partial charge on any atom is 0.307 e. The van der Waals surface area contributed by atoms with Crippen LogP contribution in [0.2, 0.25) is 0 Å². The molecule has 2 aromatic carbocycles. The Balaban J connectivity index is 1.29. The van der Waals surface area contributed by atoms with Gasteiger partial charge in [-0.1, -0.05) is 30.3 Å². The third-order valence-electron chi connectivity index (χ3n) is 5.12. The number of carbonyl (C=O) groups excluding carboxylic acids is 1. The van der Waals surface area contributed by atoms with Gasteiger partial charge >= 0.3 is 5.97 Å². The first-order chi connectivity index (χ1) is 13.7. The summed E-state index contributed by atoms with van der Waals surface area (Å²) < 4.78 is 6.86. The van der Waals surface area contributed by atoms with Gasteiger partial charge in [-0.25, -0.2) is 4.98 Å². The Hall–Kier alpha value is -3.15. The molecule has 4 rings (SSSR count). The molecule has 0 fully saturated rings. The lowest BCUT2D eigenvalue weighted by atomic mass is 10.0. The zero-order chi connectivity index (χ0) is 19.3. The van der Waals surface area contributed by atoms with Crippen molar-refractivity contribution in [2.75, 3.05) is 24.6 Å². The number of esters is 1. The predicted molar refractivity (Wildman–Crippen MR) is 109 cm³/mol. The van der Waals surface area contributed by atoms with E-state index in [4.69, 9.17) is 4.74 Å². The number of nitrogens with zero attached hydrogens (tertiary/aromatic N) is 3. The number of hydrogen-bond donors (Lipinski definition) is 0. The van der Waals surface area contributed by atoms with Gasteiger partial charge in [-0.2, -0.15) is 0 Å². The minimum Gasteiger partial charge on any atom is -0.464 e. The summed E-state index contributed by atoms with van der Waals surface area (Å²) in [6.45, 7) is 2.27. The molecule has 0 saturated heterocycles. The minimum atomic E-state index is -0.301. The highest BCUT2D eigenvalue weighted by Crippen LogP contribution is 2.26. The first-order valence-electron chi connectivity index (χ1n) is 9.65. The van der Waals surface area contributed by atoms with E-state index in [0.29, 0.717) is 24.1 Å². The van der Waals surface area contributed by atoms with Crippen LogP contribution in [0.5, 0.6) is 0 Å². The molecular weight excluding hydrogens is 354 g/mol. The van der Waals surface area contributed by atoms with Crippen molar-refractivity contribution >= 4 is 22.6 Å². The summed E-state index contributed by atoms with van der Waals surface area (Å²) >= 11 is 0. The van der Waals surface area contributed by atoms with Crippen molar-refractivity contribution in [1.82, 2.24) is 9.55 Å². The molecular formula is C22H23N3O3. The second kappa shape index (κ2) is 8.25. The van der Waals surface area contributed by atoms with Crippen LogP contribution in [-0.2, 0) is 22.5 Å². The molecule has 144 valence electrons. The van der Waals surface area contributed by atoms with E-state index < -0.39 is 0 Å². The summed E-state index contributed by atoms with van der Waals surface area (Å²) in [5.41, 5.74) is 3.11. The fourth-order valence-corrected chi connectivity index (χ4v) is 3.66. The monoisotopic (exact) mass is 377 g/mol. The largest absolute Gasteiger partial charge is 0.464 e. The zero-order valence-corrected chi connectivity index (χ0v) is 15.7. The van der Waals surface area contributed by atoms with Crippen molar-refractivity contribution in [3.05, 3.63) is 70.8 Å². The summed E-state index contributed by atoms with van der Waals surface area (Å²) in [6.07, 6.45) is 3.85. The van der Waals surface area contributed by atoms with Crippen LogP contribution < -0.4 is 10.5 Å². The van der Waals surface area contributed by atoms with Gasteiger partial charge in [-0.05, 0) is 36.6 Å². The topological polar surface area (TPSA) is 64.4 Å². The lowest BCUT2D eigenvalue weighted by molar-refractivity contribution is -0.143. The van der Waals surface area contributed by atoms with Gasteiger partial charge in [0.05, 0.1) is 30.2 Å². The average molecular weight is 377 g/mol. The number of rotatable bonds is 6. The van der Waals surface area contributed by atoms with Crippen LogP contribution in [0.4, 0.5) is 5.69 Å². The highest BCUT2D eigenvalue weighted by Gasteiger charge is 2.16. The van der Waals surface area contributed by atoms with Crippen molar-refractivity contribution in [2.24, 2.45) is 0 Å². The van der Waals surface area contributed by atoms with Crippen LogP contribution in [0.15, 0.2) is 59.7 Å². The van der Waals surface area contributed by atoms with Crippen LogP contribution in [-0.4, -0.2) is 35.2 Å². The van der Waals surface area contributed by atoms with Crippen LogP contribution in [0.3, 0.4) is 0 Å². The van der Waals surface area contributed by atoms with Crippen LogP contribution in [0.25, 0.3) is 10.9 Å². The second-order valence-corrected chi connectivity index (χ2v) is 6.95. The van der Waals surface area contributed by atoms with Crippen molar-refractivity contribution in [2.45, 2.75) is 25.8 Å². The number of benzene rings is 2.